The van der Waals surface area contributed by atoms with Crippen molar-refractivity contribution in [1.82, 2.24) is 0 Å². The second kappa shape index (κ2) is 6.79. The van der Waals surface area contributed by atoms with Crippen LogP contribution in [-0.2, 0) is 9.84 Å². The van der Waals surface area contributed by atoms with Crippen LogP contribution in [0.5, 0.6) is 11.5 Å². The molecule has 2 heterocycles. The molecule has 6 nitrogen and oxygen atoms in total. The number of nitrogens with zero attached hydrogens (tertiary/aromatic N) is 1. The zero-order chi connectivity index (χ0) is 19.8. The SMILES string of the molecule is O=S(=O)(c1ccccc1)c1cc2ccccc2oc1=Nc1ccc2c(c1)OCO2. The van der Waals surface area contributed by atoms with Gasteiger partial charge in [-0.1, -0.05) is 36.4 Å². The van der Waals surface area contributed by atoms with Gasteiger partial charge in [0.1, 0.15) is 10.5 Å². The van der Waals surface area contributed by atoms with Gasteiger partial charge in [0.25, 0.3) is 0 Å². The van der Waals surface area contributed by atoms with Gasteiger partial charge in [0.15, 0.2) is 11.5 Å². The molecule has 3 aromatic carbocycles. The number of fused-ring (bicyclic) bond motifs is 2. The minimum Gasteiger partial charge on any atom is -0.454 e. The van der Waals surface area contributed by atoms with Gasteiger partial charge in [0, 0.05) is 11.5 Å². The molecule has 4 aromatic rings. The number of hydrogen-bond donors (Lipinski definition) is 0. The number of sulfone groups is 1. The van der Waals surface area contributed by atoms with Crippen LogP contribution in [0.25, 0.3) is 11.0 Å². The number of hydrogen-bond acceptors (Lipinski definition) is 6. The minimum atomic E-state index is -3.84. The van der Waals surface area contributed by atoms with Crippen LogP contribution >= 0.6 is 0 Å². The van der Waals surface area contributed by atoms with E-state index in [2.05, 4.69) is 4.99 Å². The highest BCUT2D eigenvalue weighted by atomic mass is 32.2. The number of rotatable bonds is 3. The summed E-state index contributed by atoms with van der Waals surface area (Å²) >= 11 is 0. The van der Waals surface area contributed by atoms with Gasteiger partial charge in [0.05, 0.1) is 10.6 Å². The van der Waals surface area contributed by atoms with Gasteiger partial charge in [-0.05, 0) is 36.4 Å². The molecule has 0 saturated heterocycles. The molecular formula is C22H15NO5S. The van der Waals surface area contributed by atoms with Crippen LogP contribution < -0.4 is 15.0 Å². The van der Waals surface area contributed by atoms with Crippen molar-refractivity contribution in [2.24, 2.45) is 4.99 Å². The van der Waals surface area contributed by atoms with E-state index in [0.717, 1.165) is 0 Å². The minimum absolute atomic E-state index is 0.0000619. The van der Waals surface area contributed by atoms with Crippen molar-refractivity contribution in [3.63, 3.8) is 0 Å². The highest BCUT2D eigenvalue weighted by Gasteiger charge is 2.22. The molecular weight excluding hydrogens is 390 g/mol. The first-order chi connectivity index (χ1) is 14.1. The van der Waals surface area contributed by atoms with E-state index in [1.807, 2.05) is 12.1 Å². The molecule has 0 saturated carbocycles. The van der Waals surface area contributed by atoms with Crippen LogP contribution in [0.2, 0.25) is 0 Å². The Kier molecular flexibility index (Phi) is 4.10. The topological polar surface area (TPSA) is 78.1 Å². The fourth-order valence-corrected chi connectivity index (χ4v) is 4.49. The van der Waals surface area contributed by atoms with Gasteiger partial charge < -0.3 is 13.9 Å². The Morgan fingerprint density at radius 2 is 1.55 bits per heavy atom. The van der Waals surface area contributed by atoms with Crippen LogP contribution in [0, 0.1) is 0 Å². The molecule has 0 bridgehead atoms. The van der Waals surface area contributed by atoms with Crippen molar-refractivity contribution < 1.29 is 22.3 Å². The van der Waals surface area contributed by atoms with E-state index in [4.69, 9.17) is 13.9 Å². The fraction of sp³-hybridized carbons (Fsp3) is 0.0455. The summed E-state index contributed by atoms with van der Waals surface area (Å²) in [4.78, 5) is 4.65. The smallest absolute Gasteiger partial charge is 0.239 e. The summed E-state index contributed by atoms with van der Waals surface area (Å²) in [5.74, 6) is 1.18. The van der Waals surface area contributed by atoms with E-state index in [0.29, 0.717) is 28.2 Å². The summed E-state index contributed by atoms with van der Waals surface area (Å²) in [6, 6.07) is 22.2. The third-order valence-electron chi connectivity index (χ3n) is 4.55. The molecule has 1 aromatic heterocycles. The molecule has 1 aliphatic heterocycles. The summed E-state index contributed by atoms with van der Waals surface area (Å²) in [7, 11) is -3.84. The molecule has 0 radical (unpaired) electrons. The number of para-hydroxylation sites is 1. The van der Waals surface area contributed by atoms with Crippen molar-refractivity contribution in [2.75, 3.05) is 6.79 Å². The van der Waals surface area contributed by atoms with Crippen molar-refractivity contribution in [1.29, 1.82) is 0 Å². The molecule has 0 N–H and O–H groups in total. The van der Waals surface area contributed by atoms with E-state index in [9.17, 15) is 8.42 Å². The predicted octanol–water partition coefficient (Wildman–Crippen LogP) is 4.23. The number of benzene rings is 3. The maximum absolute atomic E-state index is 13.3. The fourth-order valence-electron chi connectivity index (χ4n) is 3.12. The van der Waals surface area contributed by atoms with E-state index in [1.54, 1.807) is 66.7 Å². The highest BCUT2D eigenvalue weighted by Crippen LogP contribution is 2.35. The molecule has 7 heteroatoms. The molecule has 0 unspecified atom stereocenters. The molecule has 0 fully saturated rings. The van der Waals surface area contributed by atoms with Crippen LogP contribution in [0.3, 0.4) is 0 Å². The van der Waals surface area contributed by atoms with Gasteiger partial charge in [0.2, 0.25) is 22.2 Å². The molecule has 144 valence electrons. The predicted molar refractivity (Wildman–Crippen MR) is 106 cm³/mol. The van der Waals surface area contributed by atoms with E-state index in [1.165, 1.54) is 0 Å². The lowest BCUT2D eigenvalue weighted by atomic mass is 10.2. The van der Waals surface area contributed by atoms with Crippen molar-refractivity contribution in [3.05, 3.63) is 84.4 Å². The average molecular weight is 405 g/mol. The Balaban J connectivity index is 1.77. The molecule has 29 heavy (non-hydrogen) atoms. The summed E-state index contributed by atoms with van der Waals surface area (Å²) in [5, 5.41) is 0.673. The second-order valence-corrected chi connectivity index (χ2v) is 8.34. The van der Waals surface area contributed by atoms with Crippen molar-refractivity contribution in [2.45, 2.75) is 9.79 Å². The van der Waals surface area contributed by atoms with Gasteiger partial charge in [-0.2, -0.15) is 0 Å². The third-order valence-corrected chi connectivity index (χ3v) is 6.32. The lowest BCUT2D eigenvalue weighted by Crippen LogP contribution is -2.15. The Morgan fingerprint density at radius 3 is 2.41 bits per heavy atom. The lowest BCUT2D eigenvalue weighted by Gasteiger charge is -2.07. The molecule has 0 amide bonds. The van der Waals surface area contributed by atoms with E-state index < -0.39 is 9.84 Å². The molecule has 1 aliphatic rings. The lowest BCUT2D eigenvalue weighted by molar-refractivity contribution is 0.174. The zero-order valence-electron chi connectivity index (χ0n) is 15.1. The Labute approximate surface area is 166 Å². The van der Waals surface area contributed by atoms with Crippen LogP contribution in [0.1, 0.15) is 0 Å². The molecule has 0 spiro atoms. The zero-order valence-corrected chi connectivity index (χ0v) is 15.9. The largest absolute Gasteiger partial charge is 0.454 e. The first-order valence-corrected chi connectivity index (χ1v) is 10.4. The maximum Gasteiger partial charge on any atom is 0.239 e. The van der Waals surface area contributed by atoms with E-state index in [-0.39, 0.29) is 22.1 Å². The third kappa shape index (κ3) is 3.15. The Hall–Kier alpha value is -3.58. The molecule has 0 atom stereocenters. The van der Waals surface area contributed by atoms with Crippen LogP contribution in [0.15, 0.2) is 98.1 Å². The summed E-state index contributed by atoms with van der Waals surface area (Å²) in [6.45, 7) is 0.146. The average Bonchev–Trinajstić information content (AvgIpc) is 3.22. The molecule has 5 rings (SSSR count). The summed E-state index contributed by atoms with van der Waals surface area (Å²) < 4.78 is 43.2. The first kappa shape index (κ1) is 17.5. The summed E-state index contributed by atoms with van der Waals surface area (Å²) in [6.07, 6.45) is 0. The van der Waals surface area contributed by atoms with Crippen molar-refractivity contribution in [3.8, 4) is 11.5 Å². The normalized spacial score (nSPS) is 13.7. The van der Waals surface area contributed by atoms with E-state index >= 15 is 0 Å². The van der Waals surface area contributed by atoms with Gasteiger partial charge in [-0.25, -0.2) is 13.4 Å². The standard InChI is InChI=1S/C22H15NO5S/c24-29(25,17-7-2-1-3-8-17)21-12-15-6-4-5-9-18(15)28-22(21)23-16-10-11-19-20(13-16)27-14-26-19/h1-13H,14H2. The monoisotopic (exact) mass is 405 g/mol. The Bertz CT molecular complexity index is 1390. The van der Waals surface area contributed by atoms with Crippen LogP contribution in [-0.4, -0.2) is 15.2 Å². The Morgan fingerprint density at radius 1 is 0.793 bits per heavy atom. The summed E-state index contributed by atoms with van der Waals surface area (Å²) in [5.41, 5.74) is 1.04. The quantitative estimate of drug-likeness (QED) is 0.510. The van der Waals surface area contributed by atoms with Crippen molar-refractivity contribution >= 4 is 26.5 Å². The van der Waals surface area contributed by atoms with Gasteiger partial charge >= 0.3 is 0 Å². The van der Waals surface area contributed by atoms with Gasteiger partial charge in [-0.15, -0.1) is 0 Å². The maximum atomic E-state index is 13.3. The van der Waals surface area contributed by atoms with Crippen LogP contribution in [0.4, 0.5) is 5.69 Å². The second-order valence-electron chi connectivity index (χ2n) is 6.42. The van der Waals surface area contributed by atoms with Gasteiger partial charge in [-0.3, -0.25) is 0 Å². The first-order valence-electron chi connectivity index (χ1n) is 8.89. The highest BCUT2D eigenvalue weighted by molar-refractivity contribution is 7.91. The molecule has 0 aliphatic carbocycles. The number of ether oxygens (including phenoxy) is 2.